The van der Waals surface area contributed by atoms with Crippen molar-refractivity contribution in [3.8, 4) is 0 Å². The highest BCUT2D eigenvalue weighted by Gasteiger charge is 2.11. The summed E-state index contributed by atoms with van der Waals surface area (Å²) >= 11 is 7.43. The Balaban J connectivity index is 2.20. The summed E-state index contributed by atoms with van der Waals surface area (Å²) < 4.78 is 0. The molecule has 18 heavy (non-hydrogen) atoms. The molecule has 0 saturated carbocycles. The van der Waals surface area contributed by atoms with Crippen molar-refractivity contribution in [2.45, 2.75) is 13.0 Å². The smallest absolute Gasteiger partial charge is 0.250 e. The van der Waals surface area contributed by atoms with E-state index in [1.165, 1.54) is 0 Å². The van der Waals surface area contributed by atoms with E-state index in [1.807, 2.05) is 12.3 Å². The van der Waals surface area contributed by atoms with Crippen LogP contribution >= 0.6 is 22.9 Å². The molecule has 1 heterocycles. The molecular formula is C12H12ClN3OS. The molecule has 0 fully saturated rings. The number of carbonyl (C=O) groups is 1. The molecule has 2 aromatic rings. The van der Waals surface area contributed by atoms with Crippen molar-refractivity contribution in [3.05, 3.63) is 45.4 Å². The van der Waals surface area contributed by atoms with Gasteiger partial charge in [-0.15, -0.1) is 11.3 Å². The minimum atomic E-state index is -0.537. The lowest BCUT2D eigenvalue weighted by atomic mass is 10.1. The van der Waals surface area contributed by atoms with Gasteiger partial charge < -0.3 is 11.1 Å². The van der Waals surface area contributed by atoms with Gasteiger partial charge in [-0.1, -0.05) is 11.6 Å². The Morgan fingerprint density at radius 3 is 2.94 bits per heavy atom. The Morgan fingerprint density at radius 2 is 2.33 bits per heavy atom. The van der Waals surface area contributed by atoms with Crippen LogP contribution in [0, 0.1) is 0 Å². The molecule has 2 rings (SSSR count). The summed E-state index contributed by atoms with van der Waals surface area (Å²) in [4.78, 5) is 15.4. The number of amides is 1. The third-order valence-electron chi connectivity index (χ3n) is 2.51. The summed E-state index contributed by atoms with van der Waals surface area (Å²) in [6.45, 7) is 1.99. The lowest BCUT2D eigenvalue weighted by molar-refractivity contribution is 0.100. The van der Waals surface area contributed by atoms with E-state index in [0.717, 1.165) is 11.4 Å². The van der Waals surface area contributed by atoms with Crippen LogP contribution in [-0.4, -0.2) is 10.9 Å². The van der Waals surface area contributed by atoms with Crippen molar-refractivity contribution in [2.75, 3.05) is 5.32 Å². The summed E-state index contributed by atoms with van der Waals surface area (Å²) in [6, 6.07) is 5.15. The molecule has 0 bridgehead atoms. The minimum Gasteiger partial charge on any atom is -0.377 e. The Labute approximate surface area is 114 Å². The number of anilines is 1. The minimum absolute atomic E-state index is 0.0538. The fraction of sp³-hybridized carbons (Fsp3) is 0.167. The van der Waals surface area contributed by atoms with Crippen molar-refractivity contribution >= 4 is 34.5 Å². The number of nitrogens with one attached hydrogen (secondary N) is 1. The first-order valence-electron chi connectivity index (χ1n) is 5.32. The Kier molecular flexibility index (Phi) is 3.84. The molecular weight excluding hydrogens is 270 g/mol. The second-order valence-corrected chi connectivity index (χ2v) is 4.96. The van der Waals surface area contributed by atoms with Gasteiger partial charge in [-0.25, -0.2) is 4.98 Å². The summed E-state index contributed by atoms with van der Waals surface area (Å²) in [6.07, 6.45) is 0. The first kappa shape index (κ1) is 12.9. The average molecular weight is 282 g/mol. The first-order valence-corrected chi connectivity index (χ1v) is 6.64. The van der Waals surface area contributed by atoms with Gasteiger partial charge in [-0.05, 0) is 25.1 Å². The van der Waals surface area contributed by atoms with Crippen molar-refractivity contribution in [2.24, 2.45) is 5.73 Å². The van der Waals surface area contributed by atoms with Crippen LogP contribution in [-0.2, 0) is 0 Å². The predicted octanol–water partition coefficient (Wildman–Crippen LogP) is 3.07. The molecule has 0 spiro atoms. The van der Waals surface area contributed by atoms with Crippen LogP contribution in [0.4, 0.5) is 5.69 Å². The van der Waals surface area contributed by atoms with E-state index in [9.17, 15) is 4.79 Å². The topological polar surface area (TPSA) is 68.0 Å². The largest absolute Gasteiger partial charge is 0.377 e. The van der Waals surface area contributed by atoms with Gasteiger partial charge in [0.1, 0.15) is 0 Å². The van der Waals surface area contributed by atoms with Crippen LogP contribution < -0.4 is 11.1 Å². The number of primary amides is 1. The Bertz CT molecular complexity index is 556. The number of halogens is 1. The maximum atomic E-state index is 11.2. The van der Waals surface area contributed by atoms with Gasteiger partial charge in [-0.2, -0.15) is 0 Å². The third-order valence-corrected chi connectivity index (χ3v) is 3.44. The fourth-order valence-electron chi connectivity index (χ4n) is 1.56. The second-order valence-electron chi connectivity index (χ2n) is 3.84. The normalized spacial score (nSPS) is 12.1. The highest BCUT2D eigenvalue weighted by molar-refractivity contribution is 7.07. The van der Waals surface area contributed by atoms with Gasteiger partial charge in [0.15, 0.2) is 0 Å². The molecule has 1 unspecified atom stereocenters. The quantitative estimate of drug-likeness (QED) is 0.905. The lowest BCUT2D eigenvalue weighted by Gasteiger charge is -2.14. The SMILES string of the molecule is CC(Nc1ccc(Cl)c(C(N)=O)c1)c1cscn1. The van der Waals surface area contributed by atoms with Gasteiger partial charge in [0.05, 0.1) is 27.8 Å². The molecule has 0 aliphatic heterocycles. The van der Waals surface area contributed by atoms with Gasteiger partial charge in [0.2, 0.25) is 5.91 Å². The molecule has 94 valence electrons. The summed E-state index contributed by atoms with van der Waals surface area (Å²) in [7, 11) is 0. The summed E-state index contributed by atoms with van der Waals surface area (Å²) in [5.41, 5.74) is 9.08. The maximum absolute atomic E-state index is 11.2. The molecule has 0 aliphatic rings. The van der Waals surface area contributed by atoms with Gasteiger partial charge >= 0.3 is 0 Å². The maximum Gasteiger partial charge on any atom is 0.250 e. The number of carbonyl (C=O) groups excluding carboxylic acids is 1. The van der Waals surface area contributed by atoms with Crippen LogP contribution in [0.1, 0.15) is 29.0 Å². The predicted molar refractivity (Wildman–Crippen MR) is 74.1 cm³/mol. The fourth-order valence-corrected chi connectivity index (χ4v) is 2.42. The van der Waals surface area contributed by atoms with Crippen LogP contribution in [0.3, 0.4) is 0 Å². The van der Waals surface area contributed by atoms with E-state index in [-0.39, 0.29) is 6.04 Å². The highest BCUT2D eigenvalue weighted by Crippen LogP contribution is 2.23. The second kappa shape index (κ2) is 5.37. The molecule has 1 atom stereocenters. The third kappa shape index (κ3) is 2.80. The van der Waals surface area contributed by atoms with E-state index in [4.69, 9.17) is 17.3 Å². The number of thiazole rings is 1. The standard InChI is InChI=1S/C12H12ClN3OS/c1-7(11-5-18-6-15-11)16-8-2-3-10(13)9(4-8)12(14)17/h2-7,16H,1H3,(H2,14,17). The average Bonchev–Trinajstić information content (AvgIpc) is 2.85. The van der Waals surface area contributed by atoms with Crippen molar-refractivity contribution < 1.29 is 4.79 Å². The first-order chi connectivity index (χ1) is 8.58. The van der Waals surface area contributed by atoms with E-state index < -0.39 is 5.91 Å². The van der Waals surface area contributed by atoms with E-state index in [2.05, 4.69) is 10.3 Å². The van der Waals surface area contributed by atoms with E-state index in [1.54, 1.807) is 35.0 Å². The van der Waals surface area contributed by atoms with Crippen LogP contribution in [0.15, 0.2) is 29.1 Å². The highest BCUT2D eigenvalue weighted by atomic mass is 35.5. The van der Waals surface area contributed by atoms with Crippen molar-refractivity contribution in [3.63, 3.8) is 0 Å². The van der Waals surface area contributed by atoms with Crippen molar-refractivity contribution in [1.29, 1.82) is 0 Å². The van der Waals surface area contributed by atoms with E-state index >= 15 is 0 Å². The van der Waals surface area contributed by atoms with Crippen LogP contribution in [0.25, 0.3) is 0 Å². The van der Waals surface area contributed by atoms with Crippen LogP contribution in [0.5, 0.6) is 0 Å². The number of hydrogen-bond donors (Lipinski definition) is 2. The lowest BCUT2D eigenvalue weighted by Crippen LogP contribution is -2.13. The number of nitrogens with zero attached hydrogens (tertiary/aromatic N) is 1. The zero-order chi connectivity index (χ0) is 13.1. The molecule has 0 aliphatic carbocycles. The zero-order valence-electron chi connectivity index (χ0n) is 9.68. The number of benzene rings is 1. The Morgan fingerprint density at radius 1 is 1.56 bits per heavy atom. The number of hydrogen-bond acceptors (Lipinski definition) is 4. The molecule has 3 N–H and O–H groups in total. The number of aromatic nitrogens is 1. The summed E-state index contributed by atoms with van der Waals surface area (Å²) in [5, 5.41) is 5.58. The van der Waals surface area contributed by atoms with Gasteiger partial charge in [0, 0.05) is 11.1 Å². The van der Waals surface area contributed by atoms with Crippen LogP contribution in [0.2, 0.25) is 5.02 Å². The monoisotopic (exact) mass is 281 g/mol. The number of rotatable bonds is 4. The Hall–Kier alpha value is -1.59. The molecule has 1 aromatic carbocycles. The zero-order valence-corrected chi connectivity index (χ0v) is 11.3. The number of nitrogens with two attached hydrogens (primary N) is 1. The molecule has 1 amide bonds. The molecule has 6 heteroatoms. The van der Waals surface area contributed by atoms with Gasteiger partial charge in [0.25, 0.3) is 0 Å². The molecule has 4 nitrogen and oxygen atoms in total. The van der Waals surface area contributed by atoms with Gasteiger partial charge in [-0.3, -0.25) is 4.79 Å². The molecule has 1 aromatic heterocycles. The summed E-state index contributed by atoms with van der Waals surface area (Å²) in [5.74, 6) is -0.537. The van der Waals surface area contributed by atoms with E-state index in [0.29, 0.717) is 10.6 Å². The molecule has 0 saturated heterocycles. The van der Waals surface area contributed by atoms with Crippen molar-refractivity contribution in [1.82, 2.24) is 4.98 Å². The molecule has 0 radical (unpaired) electrons.